The van der Waals surface area contributed by atoms with Crippen LogP contribution >= 0.6 is 0 Å². The SMILES string of the molecule is CCNCC(C)(Cc1ncnn1C(C)C)C(C)C. The van der Waals surface area contributed by atoms with Crippen LogP contribution < -0.4 is 5.32 Å². The van der Waals surface area contributed by atoms with Crippen LogP contribution in [0, 0.1) is 11.3 Å². The summed E-state index contributed by atoms with van der Waals surface area (Å²) in [5.74, 6) is 1.70. The van der Waals surface area contributed by atoms with E-state index in [9.17, 15) is 0 Å². The van der Waals surface area contributed by atoms with Gasteiger partial charge >= 0.3 is 0 Å². The summed E-state index contributed by atoms with van der Waals surface area (Å²) in [6, 6.07) is 0.373. The van der Waals surface area contributed by atoms with Crippen LogP contribution in [-0.4, -0.2) is 27.9 Å². The van der Waals surface area contributed by atoms with E-state index in [4.69, 9.17) is 0 Å². The molecule has 4 nitrogen and oxygen atoms in total. The fourth-order valence-electron chi connectivity index (χ4n) is 2.07. The molecule has 1 heterocycles. The highest BCUT2D eigenvalue weighted by atomic mass is 15.3. The molecule has 104 valence electrons. The van der Waals surface area contributed by atoms with Crippen molar-refractivity contribution in [2.75, 3.05) is 13.1 Å². The van der Waals surface area contributed by atoms with Crippen molar-refractivity contribution in [2.24, 2.45) is 11.3 Å². The molecule has 0 bridgehead atoms. The topological polar surface area (TPSA) is 42.7 Å². The van der Waals surface area contributed by atoms with Gasteiger partial charge in [-0.2, -0.15) is 5.10 Å². The Labute approximate surface area is 111 Å². The van der Waals surface area contributed by atoms with Crippen LogP contribution in [0.25, 0.3) is 0 Å². The third-order valence-corrected chi connectivity index (χ3v) is 3.87. The summed E-state index contributed by atoms with van der Waals surface area (Å²) < 4.78 is 2.03. The molecule has 1 aromatic heterocycles. The quantitative estimate of drug-likeness (QED) is 0.811. The van der Waals surface area contributed by atoms with Gasteiger partial charge in [0.2, 0.25) is 0 Å². The van der Waals surface area contributed by atoms with Crippen LogP contribution in [0.1, 0.15) is 53.4 Å². The standard InChI is InChI=1S/C14H28N4/c1-7-15-9-14(6,11(2)3)8-13-16-10-17-18(13)12(4)5/h10-12,15H,7-9H2,1-6H3. The molecular formula is C14H28N4. The minimum Gasteiger partial charge on any atom is -0.316 e. The van der Waals surface area contributed by atoms with Crippen molar-refractivity contribution in [1.82, 2.24) is 20.1 Å². The van der Waals surface area contributed by atoms with Gasteiger partial charge in [0, 0.05) is 19.0 Å². The van der Waals surface area contributed by atoms with Gasteiger partial charge in [0.15, 0.2) is 0 Å². The fraction of sp³-hybridized carbons (Fsp3) is 0.857. The molecule has 1 unspecified atom stereocenters. The molecule has 0 amide bonds. The Kier molecular flexibility index (Phi) is 5.32. The van der Waals surface area contributed by atoms with Crippen molar-refractivity contribution >= 4 is 0 Å². The van der Waals surface area contributed by atoms with Gasteiger partial charge in [-0.1, -0.05) is 27.7 Å². The van der Waals surface area contributed by atoms with E-state index < -0.39 is 0 Å². The second kappa shape index (κ2) is 6.32. The van der Waals surface area contributed by atoms with Crippen LogP contribution in [0.2, 0.25) is 0 Å². The average molecular weight is 252 g/mol. The molecule has 18 heavy (non-hydrogen) atoms. The molecule has 1 aromatic rings. The maximum absolute atomic E-state index is 4.44. The van der Waals surface area contributed by atoms with Gasteiger partial charge in [-0.25, -0.2) is 9.67 Å². The van der Waals surface area contributed by atoms with E-state index in [0.29, 0.717) is 12.0 Å². The van der Waals surface area contributed by atoms with E-state index in [1.54, 1.807) is 6.33 Å². The van der Waals surface area contributed by atoms with E-state index in [0.717, 1.165) is 25.3 Å². The molecule has 0 aliphatic rings. The summed E-state index contributed by atoms with van der Waals surface area (Å²) >= 11 is 0. The molecule has 0 saturated heterocycles. The molecule has 0 saturated carbocycles. The van der Waals surface area contributed by atoms with Crippen molar-refractivity contribution < 1.29 is 0 Å². The average Bonchev–Trinajstić information content (AvgIpc) is 2.74. The molecule has 0 spiro atoms. The van der Waals surface area contributed by atoms with Crippen molar-refractivity contribution in [3.8, 4) is 0 Å². The minimum atomic E-state index is 0.218. The summed E-state index contributed by atoms with van der Waals surface area (Å²) in [4.78, 5) is 4.44. The van der Waals surface area contributed by atoms with Gasteiger partial charge in [-0.15, -0.1) is 0 Å². The molecule has 0 aliphatic carbocycles. The molecule has 0 aliphatic heterocycles. The Balaban J connectivity index is 2.86. The lowest BCUT2D eigenvalue weighted by Gasteiger charge is -2.34. The largest absolute Gasteiger partial charge is 0.316 e. The first-order valence-electron chi connectivity index (χ1n) is 6.99. The first kappa shape index (κ1) is 15.2. The second-order valence-electron chi connectivity index (χ2n) is 5.98. The van der Waals surface area contributed by atoms with Crippen LogP contribution in [0.5, 0.6) is 0 Å². The molecule has 0 radical (unpaired) electrons. The zero-order chi connectivity index (χ0) is 13.8. The lowest BCUT2D eigenvalue weighted by Crippen LogP contribution is -2.38. The maximum atomic E-state index is 4.44. The predicted molar refractivity (Wildman–Crippen MR) is 75.6 cm³/mol. The zero-order valence-electron chi connectivity index (χ0n) is 12.7. The highest BCUT2D eigenvalue weighted by Crippen LogP contribution is 2.30. The Morgan fingerprint density at radius 3 is 2.50 bits per heavy atom. The first-order chi connectivity index (χ1) is 8.40. The summed E-state index contributed by atoms with van der Waals surface area (Å²) in [5, 5.41) is 7.80. The van der Waals surface area contributed by atoms with Gasteiger partial charge in [-0.05, 0) is 31.7 Å². The van der Waals surface area contributed by atoms with Crippen molar-refractivity contribution in [3.05, 3.63) is 12.2 Å². The zero-order valence-corrected chi connectivity index (χ0v) is 12.7. The number of hydrogen-bond acceptors (Lipinski definition) is 3. The number of hydrogen-bond donors (Lipinski definition) is 1. The molecule has 4 heteroatoms. The number of nitrogens with zero attached hydrogens (tertiary/aromatic N) is 3. The highest BCUT2D eigenvalue weighted by Gasteiger charge is 2.30. The van der Waals surface area contributed by atoms with Gasteiger partial charge in [-0.3, -0.25) is 0 Å². The van der Waals surface area contributed by atoms with Gasteiger partial charge < -0.3 is 5.32 Å². The molecule has 1 N–H and O–H groups in total. The van der Waals surface area contributed by atoms with Crippen molar-refractivity contribution in [1.29, 1.82) is 0 Å². The van der Waals surface area contributed by atoms with E-state index in [1.807, 2.05) is 4.68 Å². The Hall–Kier alpha value is -0.900. The second-order valence-corrected chi connectivity index (χ2v) is 5.98. The molecular weight excluding hydrogens is 224 g/mol. The molecule has 0 aromatic carbocycles. The van der Waals surface area contributed by atoms with E-state index in [1.165, 1.54) is 0 Å². The summed E-state index contributed by atoms with van der Waals surface area (Å²) in [7, 11) is 0. The van der Waals surface area contributed by atoms with E-state index in [2.05, 4.69) is 56.9 Å². The summed E-state index contributed by atoms with van der Waals surface area (Å²) in [6.45, 7) is 15.4. The van der Waals surface area contributed by atoms with Crippen LogP contribution in [0.3, 0.4) is 0 Å². The van der Waals surface area contributed by atoms with Gasteiger partial charge in [0.05, 0.1) is 0 Å². The van der Waals surface area contributed by atoms with Crippen LogP contribution in [-0.2, 0) is 6.42 Å². The molecule has 1 atom stereocenters. The number of nitrogens with one attached hydrogen (secondary N) is 1. The maximum Gasteiger partial charge on any atom is 0.138 e. The monoisotopic (exact) mass is 252 g/mol. The number of rotatable bonds is 7. The summed E-state index contributed by atoms with van der Waals surface area (Å²) in [5.41, 5.74) is 0.218. The highest BCUT2D eigenvalue weighted by molar-refractivity contribution is 4.95. The van der Waals surface area contributed by atoms with Crippen LogP contribution in [0.15, 0.2) is 6.33 Å². The smallest absolute Gasteiger partial charge is 0.138 e. The fourth-order valence-corrected chi connectivity index (χ4v) is 2.07. The first-order valence-corrected chi connectivity index (χ1v) is 6.99. The normalized spacial score (nSPS) is 15.3. The Morgan fingerprint density at radius 2 is 2.00 bits per heavy atom. The lowest BCUT2D eigenvalue weighted by molar-refractivity contribution is 0.200. The Bertz CT molecular complexity index is 356. The third kappa shape index (κ3) is 3.55. The van der Waals surface area contributed by atoms with Gasteiger partial charge in [0.1, 0.15) is 12.2 Å². The summed E-state index contributed by atoms with van der Waals surface area (Å²) in [6.07, 6.45) is 2.64. The van der Waals surface area contributed by atoms with Crippen molar-refractivity contribution in [2.45, 2.75) is 54.0 Å². The van der Waals surface area contributed by atoms with E-state index >= 15 is 0 Å². The lowest BCUT2D eigenvalue weighted by atomic mass is 9.76. The van der Waals surface area contributed by atoms with Gasteiger partial charge in [0.25, 0.3) is 0 Å². The minimum absolute atomic E-state index is 0.218. The van der Waals surface area contributed by atoms with E-state index in [-0.39, 0.29) is 5.41 Å². The van der Waals surface area contributed by atoms with Crippen LogP contribution in [0.4, 0.5) is 0 Å². The Morgan fingerprint density at radius 1 is 1.33 bits per heavy atom. The van der Waals surface area contributed by atoms with Crippen molar-refractivity contribution in [3.63, 3.8) is 0 Å². The predicted octanol–water partition coefficient (Wildman–Crippen LogP) is 2.67. The molecule has 0 fully saturated rings. The number of aromatic nitrogens is 3. The molecule has 1 rings (SSSR count). The third-order valence-electron chi connectivity index (χ3n) is 3.87.